The van der Waals surface area contributed by atoms with Crippen LogP contribution in [-0.2, 0) is 4.79 Å². The Hall–Kier alpha value is -2.86. The number of halogens is 1. The highest BCUT2D eigenvalue weighted by atomic mass is 79.9. The first-order chi connectivity index (χ1) is 13.1. The van der Waals surface area contributed by atoms with E-state index in [0.717, 1.165) is 20.8 Å². The second-order valence-electron chi connectivity index (χ2n) is 5.89. The number of nitrogens with one attached hydrogen (secondary N) is 1. The van der Waals surface area contributed by atoms with E-state index in [2.05, 4.69) is 26.5 Å². The Kier molecular flexibility index (Phi) is 6.08. The van der Waals surface area contributed by atoms with Gasteiger partial charge in [-0.15, -0.1) is 0 Å². The van der Waals surface area contributed by atoms with Gasteiger partial charge in [-0.2, -0.15) is 5.10 Å². The molecule has 3 aromatic carbocycles. The third-order valence-corrected chi connectivity index (χ3v) is 4.71. The Morgan fingerprint density at radius 3 is 2.59 bits per heavy atom. The fourth-order valence-corrected chi connectivity index (χ4v) is 2.85. The summed E-state index contributed by atoms with van der Waals surface area (Å²) in [7, 11) is 1.59. The number of carbonyl (C=O) groups excluding carboxylic acids is 1. The zero-order valence-electron chi connectivity index (χ0n) is 15.0. The van der Waals surface area contributed by atoms with Crippen molar-refractivity contribution < 1.29 is 14.3 Å². The Morgan fingerprint density at radius 2 is 1.81 bits per heavy atom. The van der Waals surface area contributed by atoms with E-state index in [1.54, 1.807) is 20.2 Å². The van der Waals surface area contributed by atoms with E-state index in [-0.39, 0.29) is 5.91 Å². The van der Waals surface area contributed by atoms with Crippen molar-refractivity contribution in [1.82, 2.24) is 5.43 Å². The molecule has 138 valence electrons. The fourth-order valence-electron chi connectivity index (χ4n) is 2.50. The number of rotatable bonds is 6. The van der Waals surface area contributed by atoms with Crippen LogP contribution in [0.15, 0.2) is 70.2 Å². The largest absolute Gasteiger partial charge is 0.497 e. The molecule has 0 spiro atoms. The number of carbonyl (C=O) groups is 1. The summed E-state index contributed by atoms with van der Waals surface area (Å²) >= 11 is 3.44. The van der Waals surface area contributed by atoms with Crippen molar-refractivity contribution in [3.05, 3.63) is 70.7 Å². The molecular formula is C21H19BrN2O3. The van der Waals surface area contributed by atoms with Crippen molar-refractivity contribution in [1.29, 1.82) is 0 Å². The highest BCUT2D eigenvalue weighted by Gasteiger charge is 2.14. The molecule has 0 radical (unpaired) electrons. The number of nitrogens with zero attached hydrogens (tertiary/aromatic N) is 1. The maximum absolute atomic E-state index is 12.2. The molecule has 0 aliphatic rings. The third-order valence-electron chi connectivity index (χ3n) is 3.98. The molecule has 0 saturated heterocycles. The second-order valence-corrected chi connectivity index (χ2v) is 6.75. The van der Waals surface area contributed by atoms with Crippen LogP contribution in [0.4, 0.5) is 0 Å². The Morgan fingerprint density at radius 1 is 1.07 bits per heavy atom. The summed E-state index contributed by atoms with van der Waals surface area (Å²) in [5.41, 5.74) is 3.29. The molecule has 0 fully saturated rings. The molecule has 0 aliphatic carbocycles. The molecule has 0 saturated carbocycles. The van der Waals surface area contributed by atoms with Gasteiger partial charge in [0, 0.05) is 10.0 Å². The van der Waals surface area contributed by atoms with Gasteiger partial charge in [0.1, 0.15) is 11.5 Å². The molecule has 1 atom stereocenters. The molecule has 5 nitrogen and oxygen atoms in total. The van der Waals surface area contributed by atoms with Crippen molar-refractivity contribution >= 4 is 38.8 Å². The van der Waals surface area contributed by atoms with Crippen LogP contribution in [0.25, 0.3) is 10.8 Å². The molecule has 0 aliphatic heterocycles. The van der Waals surface area contributed by atoms with Crippen LogP contribution in [0.3, 0.4) is 0 Å². The number of methoxy groups -OCH3 is 1. The van der Waals surface area contributed by atoms with E-state index in [1.165, 1.54) is 0 Å². The van der Waals surface area contributed by atoms with Gasteiger partial charge in [0.15, 0.2) is 6.10 Å². The van der Waals surface area contributed by atoms with E-state index >= 15 is 0 Å². The number of ether oxygens (including phenoxy) is 2. The Labute approximate surface area is 166 Å². The lowest BCUT2D eigenvalue weighted by atomic mass is 10.1. The molecule has 0 heterocycles. The highest BCUT2D eigenvalue weighted by molar-refractivity contribution is 9.10. The van der Waals surface area contributed by atoms with Gasteiger partial charge in [-0.25, -0.2) is 5.43 Å². The maximum atomic E-state index is 12.2. The van der Waals surface area contributed by atoms with Gasteiger partial charge in [0.25, 0.3) is 5.91 Å². The molecule has 3 aromatic rings. The van der Waals surface area contributed by atoms with Crippen molar-refractivity contribution in [2.75, 3.05) is 7.11 Å². The number of amides is 1. The Balaban J connectivity index is 1.61. The molecule has 1 unspecified atom stereocenters. The van der Waals surface area contributed by atoms with Crippen LogP contribution >= 0.6 is 15.9 Å². The van der Waals surface area contributed by atoms with Crippen LogP contribution in [0.1, 0.15) is 12.5 Å². The maximum Gasteiger partial charge on any atom is 0.280 e. The predicted octanol–water partition coefficient (Wildman–Crippen LogP) is 4.53. The summed E-state index contributed by atoms with van der Waals surface area (Å²) in [5, 5.41) is 6.18. The van der Waals surface area contributed by atoms with Crippen LogP contribution < -0.4 is 14.9 Å². The third kappa shape index (κ3) is 4.86. The Bertz CT molecular complexity index is 988. The van der Waals surface area contributed by atoms with E-state index < -0.39 is 6.10 Å². The van der Waals surface area contributed by atoms with E-state index in [4.69, 9.17) is 9.47 Å². The van der Waals surface area contributed by atoms with Gasteiger partial charge in [-0.05, 0) is 48.0 Å². The van der Waals surface area contributed by atoms with Gasteiger partial charge in [0.2, 0.25) is 0 Å². The predicted molar refractivity (Wildman–Crippen MR) is 110 cm³/mol. The number of fused-ring (bicyclic) bond motifs is 1. The SMILES string of the molecule is COc1ccc(Br)c(C=NNC(=O)C(C)Oc2ccc3ccccc3c2)c1. The van der Waals surface area contributed by atoms with Gasteiger partial charge >= 0.3 is 0 Å². The number of hydrogen-bond donors (Lipinski definition) is 1. The van der Waals surface area contributed by atoms with Gasteiger partial charge in [-0.3, -0.25) is 4.79 Å². The lowest BCUT2D eigenvalue weighted by molar-refractivity contribution is -0.127. The van der Waals surface area contributed by atoms with E-state index in [0.29, 0.717) is 11.5 Å². The molecular weight excluding hydrogens is 408 g/mol. The standard InChI is InChI=1S/C21H19BrN2O3/c1-14(27-19-8-7-15-5-3-4-6-16(15)11-19)21(25)24-23-13-17-12-18(26-2)9-10-20(17)22/h3-14H,1-2H3,(H,24,25). The van der Waals surface area contributed by atoms with Gasteiger partial charge in [-0.1, -0.05) is 46.3 Å². The zero-order valence-corrected chi connectivity index (χ0v) is 16.6. The first-order valence-corrected chi connectivity index (χ1v) is 9.18. The monoisotopic (exact) mass is 426 g/mol. The van der Waals surface area contributed by atoms with E-state index in [1.807, 2.05) is 60.7 Å². The van der Waals surface area contributed by atoms with Crippen molar-refractivity contribution in [2.24, 2.45) is 5.10 Å². The highest BCUT2D eigenvalue weighted by Crippen LogP contribution is 2.22. The average Bonchev–Trinajstić information content (AvgIpc) is 2.69. The van der Waals surface area contributed by atoms with Gasteiger partial charge in [0.05, 0.1) is 13.3 Å². The van der Waals surface area contributed by atoms with Crippen molar-refractivity contribution in [3.63, 3.8) is 0 Å². The number of hydrogen-bond acceptors (Lipinski definition) is 4. The number of benzene rings is 3. The summed E-state index contributed by atoms with van der Waals surface area (Å²) in [6, 6.07) is 19.2. The average molecular weight is 427 g/mol. The van der Waals surface area contributed by atoms with Crippen molar-refractivity contribution in [2.45, 2.75) is 13.0 Å². The zero-order chi connectivity index (χ0) is 19.2. The van der Waals surface area contributed by atoms with Crippen LogP contribution in [0.2, 0.25) is 0 Å². The summed E-state index contributed by atoms with van der Waals surface area (Å²) in [6.45, 7) is 1.68. The van der Waals surface area contributed by atoms with Gasteiger partial charge < -0.3 is 9.47 Å². The van der Waals surface area contributed by atoms with Crippen molar-refractivity contribution in [3.8, 4) is 11.5 Å². The second kappa shape index (κ2) is 8.68. The number of hydrazone groups is 1. The fraction of sp³-hybridized carbons (Fsp3) is 0.143. The lowest BCUT2D eigenvalue weighted by Gasteiger charge is -2.13. The first kappa shape index (κ1) is 18.9. The molecule has 0 aromatic heterocycles. The molecule has 3 rings (SSSR count). The summed E-state index contributed by atoms with van der Waals surface area (Å²) in [4.78, 5) is 12.2. The van der Waals surface area contributed by atoms with Crippen LogP contribution in [-0.4, -0.2) is 25.3 Å². The molecule has 6 heteroatoms. The minimum Gasteiger partial charge on any atom is -0.497 e. The topological polar surface area (TPSA) is 59.9 Å². The molecule has 0 bridgehead atoms. The van der Waals surface area contributed by atoms with Crippen LogP contribution in [0, 0.1) is 0 Å². The van der Waals surface area contributed by atoms with E-state index in [9.17, 15) is 4.79 Å². The minimum atomic E-state index is -0.683. The normalized spacial score (nSPS) is 12.1. The summed E-state index contributed by atoms with van der Waals surface area (Å²) < 4.78 is 11.8. The quantitative estimate of drug-likeness (QED) is 0.465. The summed E-state index contributed by atoms with van der Waals surface area (Å²) in [6.07, 6.45) is 0.866. The molecule has 27 heavy (non-hydrogen) atoms. The molecule has 1 amide bonds. The molecule has 1 N–H and O–H groups in total. The minimum absolute atomic E-state index is 0.335. The van der Waals surface area contributed by atoms with Crippen LogP contribution in [0.5, 0.6) is 11.5 Å². The first-order valence-electron chi connectivity index (χ1n) is 8.39. The smallest absolute Gasteiger partial charge is 0.280 e. The summed E-state index contributed by atoms with van der Waals surface area (Å²) in [5.74, 6) is 1.01. The lowest BCUT2D eigenvalue weighted by Crippen LogP contribution is -2.33.